The molecule has 4 aliphatic carbocycles. The van der Waals surface area contributed by atoms with Crippen molar-refractivity contribution >= 4 is 33.4 Å². The van der Waals surface area contributed by atoms with E-state index in [2.05, 4.69) is 0 Å². The van der Waals surface area contributed by atoms with Gasteiger partial charge in [0.25, 0.3) is 0 Å². The molecule has 30 heavy (non-hydrogen) atoms. The molecule has 0 saturated heterocycles. The summed E-state index contributed by atoms with van der Waals surface area (Å²) in [5.41, 5.74) is -1.22. The molecule has 4 fully saturated rings. The minimum atomic E-state index is -4.33. The normalized spacial score (nSPS) is 34.0. The van der Waals surface area contributed by atoms with Gasteiger partial charge in [0, 0.05) is 30.6 Å². The van der Waals surface area contributed by atoms with E-state index in [0.717, 1.165) is 25.2 Å². The van der Waals surface area contributed by atoms with Crippen LogP contribution >= 0.6 is 0 Å². The molecule has 4 rings (SSSR count). The van der Waals surface area contributed by atoms with Gasteiger partial charge in [-0.15, -0.1) is 0 Å². The molecule has 3 unspecified atom stereocenters. The molecule has 7 heteroatoms. The van der Waals surface area contributed by atoms with Crippen LogP contribution in [0.3, 0.4) is 0 Å². The molecular formula is C23H38O5S2. The highest BCUT2D eigenvalue weighted by atomic mass is 32.2. The summed E-state index contributed by atoms with van der Waals surface area (Å²) in [4.78, 5) is 23.5. The van der Waals surface area contributed by atoms with Crippen molar-refractivity contribution in [2.75, 3.05) is 11.5 Å². The number of carbonyl (C=O) groups is 2. The van der Waals surface area contributed by atoms with Gasteiger partial charge in [0.05, 0.1) is 15.9 Å². The largest absolute Gasteiger partial charge is 0.748 e. The van der Waals surface area contributed by atoms with Crippen molar-refractivity contribution in [1.82, 2.24) is 0 Å². The second-order valence-corrected chi connectivity index (χ2v) is 13.2. The number of Topliss-reactive ketones (excluding diaryl/α,β-unsaturated/α-hetero) is 2. The summed E-state index contributed by atoms with van der Waals surface area (Å²) >= 11 is 1.45. The van der Waals surface area contributed by atoms with Gasteiger partial charge in [-0.1, -0.05) is 33.1 Å². The lowest BCUT2D eigenvalue weighted by atomic mass is 9.70. The molecule has 4 aliphatic rings. The van der Waals surface area contributed by atoms with Crippen molar-refractivity contribution in [3.63, 3.8) is 0 Å². The lowest BCUT2D eigenvalue weighted by Gasteiger charge is -2.37. The van der Waals surface area contributed by atoms with E-state index in [-0.39, 0.29) is 17.1 Å². The smallest absolute Gasteiger partial charge is 0.184 e. The average Bonchev–Trinajstić information content (AvgIpc) is 3.02. The SMILES string of the molecule is CC1(C)C2CCC1(CS(=O)(=O)[O-])C(=O)C2.O=C1CCCCC1[SH+]CC1CCCCC1. The van der Waals surface area contributed by atoms with Crippen LogP contribution in [0.15, 0.2) is 0 Å². The second kappa shape index (κ2) is 9.62. The fourth-order valence-corrected chi connectivity index (χ4v) is 9.11. The van der Waals surface area contributed by atoms with Crippen LogP contribution in [0.5, 0.6) is 0 Å². The van der Waals surface area contributed by atoms with Crippen LogP contribution < -0.4 is 0 Å². The zero-order valence-corrected chi connectivity index (χ0v) is 20.2. The number of rotatable bonds is 5. The number of hydrogen-bond donors (Lipinski definition) is 0. The first kappa shape index (κ1) is 24.2. The Morgan fingerprint density at radius 1 is 1.00 bits per heavy atom. The molecular weight excluding hydrogens is 420 g/mol. The van der Waals surface area contributed by atoms with E-state index in [9.17, 15) is 22.6 Å². The Balaban J connectivity index is 0.000000171. The predicted molar refractivity (Wildman–Crippen MR) is 121 cm³/mol. The summed E-state index contributed by atoms with van der Waals surface area (Å²) in [5, 5.41) is 0.417. The number of hydrogen-bond acceptors (Lipinski definition) is 5. The zero-order valence-electron chi connectivity index (χ0n) is 18.5. The van der Waals surface area contributed by atoms with Gasteiger partial charge in [0.1, 0.15) is 11.5 Å². The lowest BCUT2D eigenvalue weighted by Crippen LogP contribution is -2.42. The van der Waals surface area contributed by atoms with Crippen LogP contribution in [0.4, 0.5) is 0 Å². The van der Waals surface area contributed by atoms with Gasteiger partial charge in [-0.05, 0) is 61.6 Å². The Bertz CT molecular complexity index is 739. The molecule has 172 valence electrons. The Hall–Kier alpha value is -0.400. The Kier molecular flexibility index (Phi) is 7.77. The van der Waals surface area contributed by atoms with E-state index in [1.54, 1.807) is 0 Å². The molecule has 0 aromatic heterocycles. The lowest BCUT2D eigenvalue weighted by molar-refractivity contribution is -0.128. The van der Waals surface area contributed by atoms with Crippen molar-refractivity contribution in [3.8, 4) is 0 Å². The topological polar surface area (TPSA) is 91.3 Å². The highest BCUT2D eigenvalue weighted by Gasteiger charge is 2.64. The number of fused-ring (bicyclic) bond motifs is 2. The van der Waals surface area contributed by atoms with Crippen LogP contribution in [-0.2, 0) is 31.5 Å². The van der Waals surface area contributed by atoms with Crippen molar-refractivity contribution in [1.29, 1.82) is 0 Å². The maximum Gasteiger partial charge on any atom is 0.184 e. The zero-order chi connectivity index (χ0) is 22.0. The van der Waals surface area contributed by atoms with Crippen molar-refractivity contribution < 1.29 is 22.6 Å². The van der Waals surface area contributed by atoms with E-state index in [4.69, 9.17) is 0 Å². The Morgan fingerprint density at radius 2 is 1.67 bits per heavy atom. The summed E-state index contributed by atoms with van der Waals surface area (Å²) in [5.74, 6) is 2.52. The van der Waals surface area contributed by atoms with Crippen LogP contribution in [0, 0.1) is 22.7 Å². The maximum absolute atomic E-state index is 11.8. The molecule has 3 atom stereocenters. The molecule has 0 spiro atoms. The molecule has 5 nitrogen and oxygen atoms in total. The van der Waals surface area contributed by atoms with Gasteiger partial charge in [0.2, 0.25) is 0 Å². The summed E-state index contributed by atoms with van der Waals surface area (Å²) < 4.78 is 32.7. The number of carbonyl (C=O) groups excluding carboxylic acids is 2. The summed E-state index contributed by atoms with van der Waals surface area (Å²) in [6.45, 7) is 3.83. The van der Waals surface area contributed by atoms with Gasteiger partial charge in [-0.25, -0.2) is 8.42 Å². The Morgan fingerprint density at radius 3 is 2.20 bits per heavy atom. The third-order valence-electron chi connectivity index (χ3n) is 8.39. The number of thiol groups is 1. The van der Waals surface area contributed by atoms with Crippen LogP contribution in [0.1, 0.15) is 90.9 Å². The third-order valence-corrected chi connectivity index (χ3v) is 11.0. The van der Waals surface area contributed by atoms with E-state index < -0.39 is 21.3 Å². The molecule has 0 aliphatic heterocycles. The minimum absolute atomic E-state index is 0.0248. The van der Waals surface area contributed by atoms with Crippen LogP contribution in [0.25, 0.3) is 0 Å². The van der Waals surface area contributed by atoms with Gasteiger partial charge in [-0.3, -0.25) is 9.59 Å². The molecule has 0 heterocycles. The molecule has 4 saturated carbocycles. The Labute approximate surface area is 186 Å². The summed E-state index contributed by atoms with van der Waals surface area (Å²) in [6.07, 6.45) is 13.5. The fourth-order valence-electron chi connectivity index (χ4n) is 6.21. The standard InChI is InChI=1S/C13H22OS.C10H16O4S/c14-12-8-4-5-9-13(12)15-10-11-6-2-1-3-7-11;1-9(2)7-3-4-10(9,8(11)5-7)6-15(12,13)14/h11,13H,1-10H2;7H,3-6H2,1-2H3,(H,12,13,14). The third kappa shape index (κ3) is 5.32. The van der Waals surface area contributed by atoms with E-state index in [0.29, 0.717) is 23.9 Å². The number of ketones is 2. The molecule has 2 bridgehead atoms. The van der Waals surface area contributed by atoms with Crippen molar-refractivity contribution in [3.05, 3.63) is 0 Å². The van der Waals surface area contributed by atoms with Crippen LogP contribution in [-0.4, -0.2) is 41.3 Å². The van der Waals surface area contributed by atoms with Crippen molar-refractivity contribution in [2.24, 2.45) is 22.7 Å². The van der Waals surface area contributed by atoms with Gasteiger partial charge < -0.3 is 4.55 Å². The minimum Gasteiger partial charge on any atom is -0.748 e. The predicted octanol–water partition coefficient (Wildman–Crippen LogP) is 3.82. The van der Waals surface area contributed by atoms with E-state index >= 15 is 0 Å². The van der Waals surface area contributed by atoms with Gasteiger partial charge in [0.15, 0.2) is 11.0 Å². The maximum atomic E-state index is 11.8. The highest BCUT2D eigenvalue weighted by molar-refractivity contribution is 7.85. The molecule has 0 radical (unpaired) electrons. The molecule has 0 amide bonds. The van der Waals surface area contributed by atoms with Gasteiger partial charge in [-0.2, -0.15) is 0 Å². The molecule has 0 aromatic carbocycles. The first-order valence-corrected chi connectivity index (χ1v) is 14.4. The fraction of sp³-hybridized carbons (Fsp3) is 0.913. The van der Waals surface area contributed by atoms with Crippen LogP contribution in [0.2, 0.25) is 0 Å². The quantitative estimate of drug-likeness (QED) is 0.355. The van der Waals surface area contributed by atoms with E-state index in [1.807, 2.05) is 13.8 Å². The summed E-state index contributed by atoms with van der Waals surface area (Å²) in [6, 6.07) is 0. The monoisotopic (exact) mass is 458 g/mol. The first-order valence-electron chi connectivity index (χ1n) is 11.7. The van der Waals surface area contributed by atoms with E-state index in [1.165, 1.54) is 62.5 Å². The summed E-state index contributed by atoms with van der Waals surface area (Å²) in [7, 11) is -4.33. The molecule has 0 N–H and O–H groups in total. The second-order valence-electron chi connectivity index (χ2n) is 10.5. The van der Waals surface area contributed by atoms with Crippen molar-refractivity contribution in [2.45, 2.75) is 96.1 Å². The molecule has 0 aromatic rings. The van der Waals surface area contributed by atoms with Gasteiger partial charge >= 0.3 is 0 Å². The average molecular weight is 459 g/mol. The first-order chi connectivity index (χ1) is 14.1. The highest BCUT2D eigenvalue weighted by Crippen LogP contribution is 2.64.